The minimum atomic E-state index is 0.447. The number of unbranched alkanes of at least 4 members (excludes halogenated alkanes) is 2. The molecule has 1 unspecified atom stereocenters. The molecule has 1 heterocycles. The van der Waals surface area contributed by atoms with Gasteiger partial charge in [0.05, 0.1) is 11.0 Å². The van der Waals surface area contributed by atoms with E-state index in [2.05, 4.69) is 18.4 Å². The summed E-state index contributed by atoms with van der Waals surface area (Å²) in [6.45, 7) is 5.22. The number of fused-ring (bicyclic) bond motifs is 1. The number of aromatic nitrogens is 2. The van der Waals surface area contributed by atoms with Crippen LogP contribution in [-0.4, -0.2) is 16.1 Å². The fourth-order valence-electron chi connectivity index (χ4n) is 2.57. The second-order valence-corrected chi connectivity index (χ2v) is 5.82. The Hall–Kier alpha value is -1.06. The van der Waals surface area contributed by atoms with Crippen LogP contribution in [0.15, 0.2) is 18.2 Å². The molecule has 0 aliphatic heterocycles. The molecule has 2 rings (SSSR count). The first-order valence-electron chi connectivity index (χ1n) is 7.53. The van der Waals surface area contributed by atoms with Crippen LogP contribution in [0.1, 0.15) is 51.4 Å². The normalized spacial score (nSPS) is 13.0. The maximum Gasteiger partial charge on any atom is 0.110 e. The van der Waals surface area contributed by atoms with Crippen molar-refractivity contribution in [3.63, 3.8) is 0 Å². The maximum atomic E-state index is 6.14. The number of hydrogen-bond donors (Lipinski definition) is 1. The first-order chi connectivity index (χ1) is 9.67. The van der Waals surface area contributed by atoms with Crippen LogP contribution < -0.4 is 5.73 Å². The molecule has 0 fully saturated rings. The van der Waals surface area contributed by atoms with Crippen LogP contribution in [-0.2, 0) is 6.42 Å². The first-order valence-corrected chi connectivity index (χ1v) is 7.91. The number of nitrogens with two attached hydrogens (primary N) is 1. The predicted molar refractivity (Wildman–Crippen MR) is 86.4 cm³/mol. The molecule has 20 heavy (non-hydrogen) atoms. The van der Waals surface area contributed by atoms with Crippen LogP contribution in [0.5, 0.6) is 0 Å². The average molecular weight is 294 g/mol. The number of hydrogen-bond acceptors (Lipinski definition) is 2. The third-order valence-corrected chi connectivity index (χ3v) is 4.10. The molecule has 1 atom stereocenters. The van der Waals surface area contributed by atoms with Gasteiger partial charge in [0.2, 0.25) is 0 Å². The summed E-state index contributed by atoms with van der Waals surface area (Å²) in [6.07, 6.45) is 5.51. The van der Waals surface area contributed by atoms with E-state index in [1.54, 1.807) is 0 Å². The first kappa shape index (κ1) is 15.3. The molecule has 0 saturated carbocycles. The molecule has 2 aromatic rings. The van der Waals surface area contributed by atoms with Gasteiger partial charge in [0.15, 0.2) is 0 Å². The van der Waals surface area contributed by atoms with E-state index in [1.807, 2.05) is 18.2 Å². The fraction of sp³-hybridized carbons (Fsp3) is 0.562. The van der Waals surface area contributed by atoms with Crippen LogP contribution in [0.2, 0.25) is 5.02 Å². The van der Waals surface area contributed by atoms with Gasteiger partial charge < -0.3 is 10.3 Å². The van der Waals surface area contributed by atoms with Gasteiger partial charge in [-0.05, 0) is 50.9 Å². The van der Waals surface area contributed by atoms with E-state index in [4.69, 9.17) is 22.3 Å². The van der Waals surface area contributed by atoms with Crippen molar-refractivity contribution in [1.29, 1.82) is 0 Å². The molecular weight excluding hydrogens is 270 g/mol. The van der Waals surface area contributed by atoms with E-state index >= 15 is 0 Å². The lowest BCUT2D eigenvalue weighted by Gasteiger charge is -2.16. The Kier molecular flexibility index (Phi) is 5.44. The Bertz CT molecular complexity index is 562. The highest BCUT2D eigenvalue weighted by Gasteiger charge is 2.14. The molecule has 0 spiro atoms. The van der Waals surface area contributed by atoms with Crippen LogP contribution in [0.4, 0.5) is 0 Å². The summed E-state index contributed by atoms with van der Waals surface area (Å²) >= 11 is 6.14. The number of aryl methyl sites for hydroxylation is 1. The van der Waals surface area contributed by atoms with Crippen LogP contribution in [0.3, 0.4) is 0 Å². The highest BCUT2D eigenvalue weighted by Crippen LogP contribution is 2.26. The van der Waals surface area contributed by atoms with E-state index in [1.165, 1.54) is 12.2 Å². The molecule has 4 heteroatoms. The third-order valence-electron chi connectivity index (χ3n) is 3.86. The monoisotopic (exact) mass is 293 g/mol. The van der Waals surface area contributed by atoms with E-state index in [9.17, 15) is 0 Å². The highest BCUT2D eigenvalue weighted by atomic mass is 35.5. The quantitative estimate of drug-likeness (QED) is 0.772. The molecule has 0 bridgehead atoms. The molecular formula is C16H24ClN3. The zero-order chi connectivity index (χ0) is 14.5. The van der Waals surface area contributed by atoms with Crippen molar-refractivity contribution in [3.8, 4) is 0 Å². The number of rotatable bonds is 7. The van der Waals surface area contributed by atoms with Gasteiger partial charge in [0.25, 0.3) is 0 Å². The van der Waals surface area contributed by atoms with Gasteiger partial charge in [-0.2, -0.15) is 0 Å². The van der Waals surface area contributed by atoms with Gasteiger partial charge in [-0.1, -0.05) is 24.9 Å². The molecule has 0 saturated heterocycles. The molecule has 1 aromatic carbocycles. The van der Waals surface area contributed by atoms with Gasteiger partial charge in [0, 0.05) is 17.5 Å². The van der Waals surface area contributed by atoms with Gasteiger partial charge >= 0.3 is 0 Å². The summed E-state index contributed by atoms with van der Waals surface area (Å²) in [4.78, 5) is 4.79. The predicted octanol–water partition coefficient (Wildman–Crippen LogP) is 4.33. The van der Waals surface area contributed by atoms with Crippen molar-refractivity contribution in [3.05, 3.63) is 29.0 Å². The van der Waals surface area contributed by atoms with Crippen LogP contribution >= 0.6 is 11.6 Å². The molecule has 3 nitrogen and oxygen atoms in total. The topological polar surface area (TPSA) is 43.8 Å². The Morgan fingerprint density at radius 1 is 1.30 bits per heavy atom. The molecule has 0 aliphatic carbocycles. The van der Waals surface area contributed by atoms with Gasteiger partial charge in [-0.15, -0.1) is 0 Å². The van der Waals surface area contributed by atoms with Crippen molar-refractivity contribution in [1.82, 2.24) is 9.55 Å². The van der Waals surface area contributed by atoms with Gasteiger partial charge in [-0.25, -0.2) is 4.98 Å². The summed E-state index contributed by atoms with van der Waals surface area (Å²) in [7, 11) is 0. The van der Waals surface area contributed by atoms with Crippen molar-refractivity contribution in [2.45, 2.75) is 52.0 Å². The lowest BCUT2D eigenvalue weighted by atomic mass is 10.1. The molecule has 1 aromatic heterocycles. The summed E-state index contributed by atoms with van der Waals surface area (Å²) in [5.41, 5.74) is 7.75. The SMILES string of the molecule is CCC(C)n1c(CCCCCN)nc2ccc(Cl)cc21. The lowest BCUT2D eigenvalue weighted by molar-refractivity contribution is 0.514. The van der Waals surface area contributed by atoms with Crippen LogP contribution in [0.25, 0.3) is 11.0 Å². The van der Waals surface area contributed by atoms with Crippen molar-refractivity contribution >= 4 is 22.6 Å². The molecule has 0 aliphatic rings. The largest absolute Gasteiger partial charge is 0.330 e. The average Bonchev–Trinajstić information content (AvgIpc) is 2.80. The lowest BCUT2D eigenvalue weighted by Crippen LogP contribution is -2.09. The van der Waals surface area contributed by atoms with E-state index in [-0.39, 0.29) is 0 Å². The van der Waals surface area contributed by atoms with Crippen molar-refractivity contribution in [2.24, 2.45) is 5.73 Å². The Morgan fingerprint density at radius 3 is 2.80 bits per heavy atom. The smallest absolute Gasteiger partial charge is 0.110 e. The fourth-order valence-corrected chi connectivity index (χ4v) is 2.74. The molecule has 110 valence electrons. The third kappa shape index (κ3) is 3.33. The van der Waals surface area contributed by atoms with Crippen molar-refractivity contribution in [2.75, 3.05) is 6.54 Å². The maximum absolute atomic E-state index is 6.14. The number of nitrogens with zero attached hydrogens (tertiary/aromatic N) is 2. The summed E-state index contributed by atoms with van der Waals surface area (Å²) in [6, 6.07) is 6.40. The second kappa shape index (κ2) is 7.09. The minimum absolute atomic E-state index is 0.447. The Balaban J connectivity index is 2.31. The molecule has 0 radical (unpaired) electrons. The molecule has 0 amide bonds. The van der Waals surface area contributed by atoms with E-state index in [0.29, 0.717) is 6.04 Å². The number of halogens is 1. The highest BCUT2D eigenvalue weighted by molar-refractivity contribution is 6.31. The zero-order valence-electron chi connectivity index (χ0n) is 12.4. The second-order valence-electron chi connectivity index (χ2n) is 5.39. The Morgan fingerprint density at radius 2 is 2.10 bits per heavy atom. The summed E-state index contributed by atoms with van der Waals surface area (Å²) in [5, 5.41) is 0.775. The van der Waals surface area contributed by atoms with Crippen LogP contribution in [0, 0.1) is 0 Å². The molecule has 2 N–H and O–H groups in total. The van der Waals surface area contributed by atoms with E-state index in [0.717, 1.165) is 48.3 Å². The van der Waals surface area contributed by atoms with Gasteiger partial charge in [0.1, 0.15) is 5.82 Å². The standard InChI is InChI=1S/C16H24ClN3/c1-3-12(2)20-15-11-13(17)8-9-14(15)19-16(20)7-5-4-6-10-18/h8-9,11-12H,3-7,10,18H2,1-2H3. The number of benzene rings is 1. The minimum Gasteiger partial charge on any atom is -0.330 e. The Labute approximate surface area is 126 Å². The van der Waals surface area contributed by atoms with Crippen molar-refractivity contribution < 1.29 is 0 Å². The van der Waals surface area contributed by atoms with Gasteiger partial charge in [-0.3, -0.25) is 0 Å². The summed E-state index contributed by atoms with van der Waals surface area (Å²) in [5.74, 6) is 1.17. The number of imidazole rings is 1. The zero-order valence-corrected chi connectivity index (χ0v) is 13.2. The summed E-state index contributed by atoms with van der Waals surface area (Å²) < 4.78 is 2.35. The van der Waals surface area contributed by atoms with E-state index < -0.39 is 0 Å².